The zero-order valence-electron chi connectivity index (χ0n) is 28.7. The van der Waals surface area contributed by atoms with E-state index in [1.165, 1.54) is 0 Å². The molecular formula is C39H42ClN3O8. The lowest BCUT2D eigenvalue weighted by molar-refractivity contribution is 0.000164. The van der Waals surface area contributed by atoms with Crippen LogP contribution in [0.15, 0.2) is 72.8 Å². The molecular weight excluding hydrogens is 674 g/mol. The number of aryl methyl sites for hydroxylation is 1. The van der Waals surface area contributed by atoms with Gasteiger partial charge in [-0.15, -0.1) is 11.6 Å². The van der Waals surface area contributed by atoms with Gasteiger partial charge in [0.05, 0.1) is 51.9 Å². The summed E-state index contributed by atoms with van der Waals surface area (Å²) < 4.78 is 26.9. The summed E-state index contributed by atoms with van der Waals surface area (Å²) in [7, 11) is 1.63. The molecule has 3 N–H and O–H groups in total. The van der Waals surface area contributed by atoms with Crippen LogP contribution in [0.4, 0.5) is 11.4 Å². The fourth-order valence-electron chi connectivity index (χ4n) is 6.30. The fraction of sp³-hybridized carbons (Fsp3) is 0.333. The van der Waals surface area contributed by atoms with Crippen molar-refractivity contribution in [2.45, 2.75) is 12.8 Å². The number of phenols is 1. The van der Waals surface area contributed by atoms with Gasteiger partial charge in [0.2, 0.25) is 0 Å². The lowest BCUT2D eigenvalue weighted by Crippen LogP contribution is -2.30. The van der Waals surface area contributed by atoms with Gasteiger partial charge in [0.1, 0.15) is 23.8 Å². The lowest BCUT2D eigenvalue weighted by Gasteiger charge is -2.18. The van der Waals surface area contributed by atoms with E-state index < -0.39 is 0 Å². The first-order chi connectivity index (χ1) is 24.9. The van der Waals surface area contributed by atoms with Crippen molar-refractivity contribution in [3.05, 3.63) is 95.2 Å². The summed E-state index contributed by atoms with van der Waals surface area (Å²) in [6.07, 6.45) is 0. The zero-order valence-corrected chi connectivity index (χ0v) is 29.5. The number of aromatic nitrogens is 1. The minimum absolute atomic E-state index is 0.0747. The number of phenolic OH excluding ortho intramolecular Hbond substituents is 1. The summed E-state index contributed by atoms with van der Waals surface area (Å²) in [6.45, 7) is 6.24. The summed E-state index contributed by atoms with van der Waals surface area (Å²) in [6, 6.07) is 21.5. The second-order valence-electron chi connectivity index (χ2n) is 12.2. The van der Waals surface area contributed by atoms with Crippen molar-refractivity contribution in [1.29, 1.82) is 0 Å². The Kier molecular flexibility index (Phi) is 12.1. The number of carbonyl (C=O) groups excluding carboxylic acids is 2. The maximum absolute atomic E-state index is 13.9. The van der Waals surface area contributed by atoms with E-state index in [0.29, 0.717) is 93.7 Å². The van der Waals surface area contributed by atoms with Crippen LogP contribution in [0.5, 0.6) is 11.5 Å². The number of aromatic hydroxyl groups is 1. The molecule has 51 heavy (non-hydrogen) atoms. The Morgan fingerprint density at radius 1 is 0.902 bits per heavy atom. The zero-order chi connectivity index (χ0) is 35.7. The molecule has 1 aliphatic heterocycles. The van der Waals surface area contributed by atoms with Gasteiger partial charge in [0.15, 0.2) is 0 Å². The molecule has 268 valence electrons. The van der Waals surface area contributed by atoms with Crippen molar-refractivity contribution in [1.82, 2.24) is 4.98 Å². The number of alkyl halides is 1. The maximum atomic E-state index is 13.9. The second-order valence-corrected chi connectivity index (χ2v) is 12.5. The number of H-pyrrole nitrogens is 1. The third kappa shape index (κ3) is 8.46. The third-order valence-electron chi connectivity index (χ3n) is 8.80. The van der Waals surface area contributed by atoms with Gasteiger partial charge in [-0.25, -0.2) is 0 Å². The first-order valence-electron chi connectivity index (χ1n) is 16.9. The SMILES string of the molecule is COCCOCCOCCOCCOc1ccc(C(=O)Nc2ccc3[nH]c(C(=O)N4C[C@@H](CCl)c5c4cc(O)c4cccc(C)c54)cc3c2)cc1. The number of carbonyl (C=O) groups is 2. The van der Waals surface area contributed by atoms with Crippen LogP contribution < -0.4 is 15.0 Å². The van der Waals surface area contributed by atoms with Gasteiger partial charge in [0, 0.05) is 59.1 Å². The van der Waals surface area contributed by atoms with Crippen molar-refractivity contribution in [3.63, 3.8) is 0 Å². The molecule has 1 aliphatic rings. The Balaban J connectivity index is 1.02. The van der Waals surface area contributed by atoms with Gasteiger partial charge in [-0.2, -0.15) is 0 Å². The van der Waals surface area contributed by atoms with Crippen molar-refractivity contribution in [3.8, 4) is 11.5 Å². The number of benzene rings is 4. The van der Waals surface area contributed by atoms with Gasteiger partial charge < -0.3 is 44.0 Å². The molecule has 0 fully saturated rings. The predicted molar refractivity (Wildman–Crippen MR) is 198 cm³/mol. The molecule has 0 spiro atoms. The van der Waals surface area contributed by atoms with E-state index in [2.05, 4.69) is 10.3 Å². The third-order valence-corrected chi connectivity index (χ3v) is 9.17. The molecule has 2 amide bonds. The Morgan fingerprint density at radius 3 is 2.31 bits per heavy atom. The largest absolute Gasteiger partial charge is 0.507 e. The van der Waals surface area contributed by atoms with E-state index >= 15 is 0 Å². The number of hydrogen-bond donors (Lipinski definition) is 3. The highest BCUT2D eigenvalue weighted by molar-refractivity contribution is 6.19. The molecule has 2 heterocycles. The van der Waals surface area contributed by atoms with E-state index in [9.17, 15) is 14.7 Å². The lowest BCUT2D eigenvalue weighted by atomic mass is 9.92. The van der Waals surface area contributed by atoms with E-state index in [1.54, 1.807) is 54.5 Å². The van der Waals surface area contributed by atoms with E-state index in [0.717, 1.165) is 32.8 Å². The number of nitrogens with zero attached hydrogens (tertiary/aromatic N) is 1. The summed E-state index contributed by atoms with van der Waals surface area (Å²) in [5, 5.41) is 16.3. The first kappa shape index (κ1) is 36.2. The minimum Gasteiger partial charge on any atom is -0.507 e. The van der Waals surface area contributed by atoms with Crippen LogP contribution in [-0.2, 0) is 18.9 Å². The number of halogens is 1. The summed E-state index contributed by atoms with van der Waals surface area (Å²) in [4.78, 5) is 31.9. The molecule has 12 heteroatoms. The topological polar surface area (TPSA) is 132 Å². The molecule has 0 saturated carbocycles. The van der Waals surface area contributed by atoms with Crippen LogP contribution in [0.25, 0.3) is 21.7 Å². The second kappa shape index (κ2) is 17.0. The van der Waals surface area contributed by atoms with E-state index in [1.807, 2.05) is 37.3 Å². The molecule has 0 aliphatic carbocycles. The van der Waals surface area contributed by atoms with Gasteiger partial charge in [-0.1, -0.05) is 18.2 Å². The molecule has 0 radical (unpaired) electrons. The Hall–Kier alpha value is -4.65. The van der Waals surface area contributed by atoms with Gasteiger partial charge in [0.25, 0.3) is 11.8 Å². The molecule has 4 aromatic carbocycles. The first-order valence-corrected chi connectivity index (χ1v) is 17.4. The molecule has 0 saturated heterocycles. The van der Waals surface area contributed by atoms with E-state index in [-0.39, 0.29) is 23.5 Å². The van der Waals surface area contributed by atoms with Crippen LogP contribution in [0, 0.1) is 6.92 Å². The Bertz CT molecular complexity index is 1980. The highest BCUT2D eigenvalue weighted by atomic mass is 35.5. The number of amides is 2. The van der Waals surface area contributed by atoms with Crippen LogP contribution in [0.2, 0.25) is 0 Å². The van der Waals surface area contributed by atoms with Crippen LogP contribution >= 0.6 is 11.6 Å². The Labute approximate surface area is 301 Å². The quantitative estimate of drug-likeness (QED) is 0.0721. The standard InChI is InChI=1S/C39H42ClN3O8/c1-25-4-3-5-31-35(44)22-34-37(36(25)31)28(23-40)24-43(34)39(46)33-21-27-20-29(8-11-32(27)42-33)41-38(45)26-6-9-30(10-7-26)51-19-18-50-17-16-49-15-14-48-13-12-47-2/h3-11,20-22,28,42,44H,12-19,23-24H2,1-2H3,(H,41,45)/t28-/m1/s1. The van der Waals surface area contributed by atoms with Gasteiger partial charge >= 0.3 is 0 Å². The number of fused-ring (bicyclic) bond motifs is 4. The highest BCUT2D eigenvalue weighted by Crippen LogP contribution is 2.46. The Morgan fingerprint density at radius 2 is 1.61 bits per heavy atom. The van der Waals surface area contributed by atoms with Crippen LogP contribution in [-0.4, -0.2) is 94.3 Å². The molecule has 1 aromatic heterocycles. The monoisotopic (exact) mass is 715 g/mol. The number of rotatable bonds is 17. The number of hydrogen-bond acceptors (Lipinski definition) is 8. The maximum Gasteiger partial charge on any atom is 0.274 e. The number of methoxy groups -OCH3 is 1. The normalized spacial score (nSPS) is 13.9. The van der Waals surface area contributed by atoms with Crippen LogP contribution in [0.1, 0.15) is 37.9 Å². The summed E-state index contributed by atoms with van der Waals surface area (Å²) in [5.41, 5.74) is 4.87. The van der Waals surface area contributed by atoms with E-state index in [4.69, 9.17) is 35.3 Å². The minimum atomic E-state index is -0.275. The molecule has 11 nitrogen and oxygen atoms in total. The van der Waals surface area contributed by atoms with Gasteiger partial charge in [-0.3, -0.25) is 9.59 Å². The average molecular weight is 716 g/mol. The van der Waals surface area contributed by atoms with Crippen molar-refractivity contribution in [2.24, 2.45) is 0 Å². The van der Waals surface area contributed by atoms with Crippen molar-refractivity contribution in [2.75, 3.05) is 82.6 Å². The van der Waals surface area contributed by atoms with Crippen molar-refractivity contribution < 1.29 is 38.4 Å². The number of aromatic amines is 1. The number of anilines is 2. The molecule has 1 atom stereocenters. The summed E-state index contributed by atoms with van der Waals surface area (Å²) >= 11 is 6.42. The number of ether oxygens (including phenoxy) is 5. The van der Waals surface area contributed by atoms with Gasteiger partial charge in [-0.05, 0) is 72.0 Å². The average Bonchev–Trinajstić information content (AvgIpc) is 3.73. The van der Waals surface area contributed by atoms with Crippen LogP contribution in [0.3, 0.4) is 0 Å². The fourth-order valence-corrected chi connectivity index (χ4v) is 6.55. The molecule has 5 aromatic rings. The molecule has 0 bridgehead atoms. The smallest absolute Gasteiger partial charge is 0.274 e. The number of nitrogens with one attached hydrogen (secondary N) is 2. The summed E-state index contributed by atoms with van der Waals surface area (Å²) in [5.74, 6) is 0.519. The predicted octanol–water partition coefficient (Wildman–Crippen LogP) is 6.65. The molecule has 6 rings (SSSR count). The highest BCUT2D eigenvalue weighted by Gasteiger charge is 2.35. The molecule has 0 unspecified atom stereocenters. The van der Waals surface area contributed by atoms with Crippen molar-refractivity contribution >= 4 is 56.5 Å².